The summed E-state index contributed by atoms with van der Waals surface area (Å²) < 4.78 is 12.2. The second-order valence-electron chi connectivity index (χ2n) is 4.93. The lowest BCUT2D eigenvalue weighted by atomic mass is 10.2. The van der Waals surface area contributed by atoms with Crippen molar-refractivity contribution >= 4 is 5.97 Å². The van der Waals surface area contributed by atoms with Crippen molar-refractivity contribution < 1.29 is 14.3 Å². The number of carbonyl (C=O) groups is 1. The molecule has 1 aromatic heterocycles. The first kappa shape index (κ1) is 13.7. The van der Waals surface area contributed by atoms with E-state index >= 15 is 0 Å². The molecular formula is C12H20N2O3. The fraction of sp³-hybridized carbons (Fsp3) is 0.667. The molecule has 0 saturated heterocycles. The van der Waals surface area contributed by atoms with Crippen LogP contribution in [0.3, 0.4) is 0 Å². The Bertz CT molecular complexity index is 341. The zero-order valence-electron chi connectivity index (χ0n) is 10.8. The zero-order valence-corrected chi connectivity index (χ0v) is 10.8. The number of esters is 1. The summed E-state index contributed by atoms with van der Waals surface area (Å²) >= 11 is 0. The molecule has 0 saturated carbocycles. The smallest absolute Gasteiger partial charge is 0.332 e. The summed E-state index contributed by atoms with van der Waals surface area (Å²) in [7, 11) is 0. The number of rotatable bonds is 5. The molecule has 0 N–H and O–H groups in total. The number of carbonyl (C=O) groups excluding carboxylic acids is 1. The summed E-state index contributed by atoms with van der Waals surface area (Å²) in [6.45, 7) is 8.05. The fourth-order valence-corrected chi connectivity index (χ4v) is 1.24. The third-order valence-corrected chi connectivity index (χ3v) is 1.96. The van der Waals surface area contributed by atoms with E-state index in [-0.39, 0.29) is 24.3 Å². The van der Waals surface area contributed by atoms with Gasteiger partial charge in [-0.3, -0.25) is 4.68 Å². The Morgan fingerprint density at radius 1 is 1.47 bits per heavy atom. The van der Waals surface area contributed by atoms with Gasteiger partial charge >= 0.3 is 5.97 Å². The van der Waals surface area contributed by atoms with E-state index in [1.807, 2.05) is 40.0 Å². The van der Waals surface area contributed by atoms with Gasteiger partial charge in [0.05, 0.1) is 12.1 Å². The minimum atomic E-state index is -0.348. The Labute approximate surface area is 102 Å². The highest BCUT2D eigenvalue weighted by Gasteiger charge is 2.15. The van der Waals surface area contributed by atoms with Crippen molar-refractivity contribution in [2.45, 2.75) is 45.9 Å². The van der Waals surface area contributed by atoms with Crippen LogP contribution in [0.25, 0.3) is 0 Å². The molecule has 0 aliphatic heterocycles. The maximum atomic E-state index is 11.5. The van der Waals surface area contributed by atoms with Crippen LogP contribution in [-0.2, 0) is 20.8 Å². The normalized spacial score (nSPS) is 13.4. The Hall–Kier alpha value is -1.36. The average Bonchev–Trinajstić information content (AvgIpc) is 2.66. The number of ether oxygens (including phenoxy) is 2. The van der Waals surface area contributed by atoms with E-state index < -0.39 is 0 Å². The first-order chi connectivity index (χ1) is 7.87. The van der Waals surface area contributed by atoms with E-state index in [1.54, 1.807) is 10.9 Å². The van der Waals surface area contributed by atoms with Crippen LogP contribution in [-0.4, -0.2) is 34.1 Å². The van der Waals surface area contributed by atoms with Gasteiger partial charge in [0, 0.05) is 12.4 Å². The van der Waals surface area contributed by atoms with Crippen molar-refractivity contribution in [3.63, 3.8) is 0 Å². The van der Waals surface area contributed by atoms with Gasteiger partial charge < -0.3 is 9.47 Å². The number of aromatic nitrogens is 2. The molecule has 1 heterocycles. The van der Waals surface area contributed by atoms with Crippen LogP contribution in [0.5, 0.6) is 0 Å². The largest absolute Gasteiger partial charge is 0.459 e. The maximum Gasteiger partial charge on any atom is 0.332 e. The third kappa shape index (κ3) is 6.06. The molecule has 0 aromatic carbocycles. The molecule has 0 spiro atoms. The first-order valence-electron chi connectivity index (χ1n) is 5.68. The van der Waals surface area contributed by atoms with Crippen LogP contribution in [0.2, 0.25) is 0 Å². The van der Waals surface area contributed by atoms with E-state index in [9.17, 15) is 4.79 Å². The molecule has 96 valence electrons. The quantitative estimate of drug-likeness (QED) is 0.734. The molecule has 1 rings (SSSR count). The highest BCUT2D eigenvalue weighted by Crippen LogP contribution is 2.06. The predicted octanol–water partition coefficient (Wildman–Crippen LogP) is 1.63. The Balaban J connectivity index is 2.26. The van der Waals surface area contributed by atoms with Crippen molar-refractivity contribution in [2.75, 3.05) is 6.61 Å². The van der Waals surface area contributed by atoms with Gasteiger partial charge in [-0.25, -0.2) is 4.79 Å². The van der Waals surface area contributed by atoms with Crippen LogP contribution in [0, 0.1) is 0 Å². The minimum Gasteiger partial charge on any atom is -0.459 e. The summed E-state index contributed by atoms with van der Waals surface area (Å²) in [6.07, 6.45) is 3.30. The molecule has 5 heteroatoms. The van der Waals surface area contributed by atoms with Crippen molar-refractivity contribution in [2.24, 2.45) is 0 Å². The van der Waals surface area contributed by atoms with Gasteiger partial charge in [-0.15, -0.1) is 0 Å². The highest BCUT2D eigenvalue weighted by molar-refractivity contribution is 5.70. The van der Waals surface area contributed by atoms with Crippen LogP contribution >= 0.6 is 0 Å². The second-order valence-corrected chi connectivity index (χ2v) is 4.93. The summed E-state index contributed by atoms with van der Waals surface area (Å²) in [6, 6.07) is 1.83. The van der Waals surface area contributed by atoms with Gasteiger partial charge in [-0.05, 0) is 33.8 Å². The lowest BCUT2D eigenvalue weighted by molar-refractivity contribution is -0.159. The van der Waals surface area contributed by atoms with Gasteiger partial charge in [0.25, 0.3) is 0 Å². The lowest BCUT2D eigenvalue weighted by Gasteiger charge is -2.20. The molecule has 1 aromatic rings. The van der Waals surface area contributed by atoms with Crippen LogP contribution in [0.1, 0.15) is 27.7 Å². The zero-order chi connectivity index (χ0) is 12.9. The van der Waals surface area contributed by atoms with Gasteiger partial charge in [0.1, 0.15) is 12.7 Å². The Morgan fingerprint density at radius 3 is 2.71 bits per heavy atom. The van der Waals surface area contributed by atoms with Crippen LogP contribution < -0.4 is 0 Å². The highest BCUT2D eigenvalue weighted by atomic mass is 16.6. The molecule has 0 unspecified atom stereocenters. The van der Waals surface area contributed by atoms with Crippen LogP contribution in [0.15, 0.2) is 18.5 Å². The fourth-order valence-electron chi connectivity index (χ4n) is 1.24. The molecule has 0 aliphatic carbocycles. The maximum absolute atomic E-state index is 11.5. The first-order valence-corrected chi connectivity index (χ1v) is 5.68. The number of nitrogens with zero attached hydrogens (tertiary/aromatic N) is 2. The Morgan fingerprint density at radius 2 is 2.18 bits per heavy atom. The molecule has 0 amide bonds. The lowest BCUT2D eigenvalue weighted by Crippen LogP contribution is -2.28. The minimum absolute atomic E-state index is 0.0209. The van der Waals surface area contributed by atoms with E-state index in [4.69, 9.17) is 9.47 Å². The van der Waals surface area contributed by atoms with Crippen molar-refractivity contribution in [3.8, 4) is 0 Å². The summed E-state index contributed by atoms with van der Waals surface area (Å²) in [5.41, 5.74) is -0.329. The summed E-state index contributed by atoms with van der Waals surface area (Å²) in [5, 5.41) is 4.04. The monoisotopic (exact) mass is 240 g/mol. The second kappa shape index (κ2) is 5.82. The third-order valence-electron chi connectivity index (χ3n) is 1.96. The average molecular weight is 240 g/mol. The molecule has 0 radical (unpaired) electrons. The van der Waals surface area contributed by atoms with E-state index in [1.165, 1.54) is 0 Å². The SMILES string of the molecule is C[C@H](Cn1cccn1)OC(=O)COC(C)(C)C. The van der Waals surface area contributed by atoms with Crippen molar-refractivity contribution in [3.05, 3.63) is 18.5 Å². The predicted molar refractivity (Wildman–Crippen MR) is 63.5 cm³/mol. The van der Waals surface area contributed by atoms with E-state index in [0.29, 0.717) is 6.54 Å². The molecule has 1 atom stereocenters. The van der Waals surface area contributed by atoms with E-state index in [2.05, 4.69) is 5.10 Å². The van der Waals surface area contributed by atoms with Crippen molar-refractivity contribution in [1.29, 1.82) is 0 Å². The van der Waals surface area contributed by atoms with Gasteiger partial charge in [0.15, 0.2) is 0 Å². The molecule has 17 heavy (non-hydrogen) atoms. The molecule has 0 fully saturated rings. The number of hydrogen-bond donors (Lipinski definition) is 0. The standard InChI is InChI=1S/C12H20N2O3/c1-10(8-14-7-5-6-13-14)17-11(15)9-16-12(2,3)4/h5-7,10H,8-9H2,1-4H3/t10-/m1/s1. The molecular weight excluding hydrogens is 220 g/mol. The summed E-state index contributed by atoms with van der Waals surface area (Å²) in [5.74, 6) is -0.348. The van der Waals surface area contributed by atoms with Gasteiger partial charge in [0.2, 0.25) is 0 Å². The van der Waals surface area contributed by atoms with Gasteiger partial charge in [-0.1, -0.05) is 0 Å². The Kier molecular flexibility index (Phi) is 4.69. The number of hydrogen-bond acceptors (Lipinski definition) is 4. The summed E-state index contributed by atoms with van der Waals surface area (Å²) in [4.78, 5) is 11.5. The van der Waals surface area contributed by atoms with Gasteiger partial charge in [-0.2, -0.15) is 5.10 Å². The van der Waals surface area contributed by atoms with Crippen LogP contribution in [0.4, 0.5) is 0 Å². The van der Waals surface area contributed by atoms with E-state index in [0.717, 1.165) is 0 Å². The molecule has 5 nitrogen and oxygen atoms in total. The molecule has 0 aliphatic rings. The molecule has 0 bridgehead atoms. The van der Waals surface area contributed by atoms with Crippen molar-refractivity contribution in [1.82, 2.24) is 9.78 Å². The topological polar surface area (TPSA) is 53.4 Å².